The third-order valence-electron chi connectivity index (χ3n) is 10.6. The summed E-state index contributed by atoms with van der Waals surface area (Å²) in [6.45, 7) is 4.11. The number of amides is 1. The normalized spacial score (nSPS) is 34.8. The molecule has 0 heterocycles. The minimum Gasteiger partial charge on any atom is -0.480 e. The second kappa shape index (κ2) is 11.2. The van der Waals surface area contributed by atoms with Crippen LogP contribution in [-0.2, 0) is 14.4 Å². The molecule has 4 N–H and O–H groups in total. The number of allylic oxidation sites excluding steroid dienone is 2. The summed E-state index contributed by atoms with van der Waals surface area (Å²) in [7, 11) is 0. The molecule has 3 saturated carbocycles. The van der Waals surface area contributed by atoms with Crippen molar-refractivity contribution in [2.24, 2.45) is 33.7 Å². The molecule has 0 saturated heterocycles. The van der Waals surface area contributed by atoms with Gasteiger partial charge in [-0.3, -0.25) is 14.9 Å². The standard InChI is InChI=1S/C30H39N3O8/c1-29-12-10-19(15-18(29)6-7-21-22-8-9-24(34)30(22,2)13-11-23(21)29)32-41-16-25(35)31-26(28(37)38)27(36)17-4-3-5-20(14-17)33(39)40/h3-5,14-15,21-24,26-27,34,36H,6-13,16H2,1-2H3,(H,31,35)(H,37,38). The quantitative estimate of drug-likeness (QED) is 0.270. The van der Waals surface area contributed by atoms with Crippen molar-refractivity contribution in [3.63, 3.8) is 0 Å². The molecule has 1 aromatic carbocycles. The predicted molar refractivity (Wildman–Crippen MR) is 149 cm³/mol. The number of oxime groups is 1. The van der Waals surface area contributed by atoms with Gasteiger partial charge in [0.2, 0.25) is 0 Å². The first-order chi connectivity index (χ1) is 19.4. The van der Waals surface area contributed by atoms with Crippen LogP contribution in [0.15, 0.2) is 41.1 Å². The van der Waals surface area contributed by atoms with E-state index >= 15 is 0 Å². The molecule has 0 bridgehead atoms. The predicted octanol–water partition coefficient (Wildman–Crippen LogP) is 3.89. The topological polar surface area (TPSA) is 172 Å². The molecule has 222 valence electrons. The number of nitro benzene ring substituents is 1. The number of carboxylic acids is 1. The summed E-state index contributed by atoms with van der Waals surface area (Å²) in [6.07, 6.45) is 8.16. The summed E-state index contributed by atoms with van der Waals surface area (Å²) in [5, 5.41) is 48.2. The fourth-order valence-corrected chi connectivity index (χ4v) is 8.29. The van der Waals surface area contributed by atoms with E-state index in [-0.39, 0.29) is 28.2 Å². The van der Waals surface area contributed by atoms with E-state index in [4.69, 9.17) is 4.84 Å². The number of non-ortho nitro benzene ring substituents is 1. The van der Waals surface area contributed by atoms with E-state index in [2.05, 4.69) is 30.4 Å². The lowest BCUT2D eigenvalue weighted by atomic mass is 9.47. The highest BCUT2D eigenvalue weighted by molar-refractivity contribution is 5.96. The van der Waals surface area contributed by atoms with Crippen molar-refractivity contribution in [1.29, 1.82) is 0 Å². The molecule has 0 radical (unpaired) electrons. The number of carboxylic acid groups (broad SMARTS) is 1. The Balaban J connectivity index is 1.19. The Hall–Kier alpha value is -3.31. The van der Waals surface area contributed by atoms with Gasteiger partial charge in [-0.25, -0.2) is 4.79 Å². The van der Waals surface area contributed by atoms with Crippen LogP contribution in [0, 0.1) is 38.7 Å². The van der Waals surface area contributed by atoms with Crippen molar-refractivity contribution >= 4 is 23.3 Å². The van der Waals surface area contributed by atoms with E-state index in [1.165, 1.54) is 23.8 Å². The first-order valence-corrected chi connectivity index (χ1v) is 14.5. The van der Waals surface area contributed by atoms with Crippen LogP contribution in [0.5, 0.6) is 0 Å². The number of benzene rings is 1. The molecule has 0 spiro atoms. The summed E-state index contributed by atoms with van der Waals surface area (Å²) in [4.78, 5) is 39.9. The van der Waals surface area contributed by atoms with Crippen molar-refractivity contribution in [2.75, 3.05) is 6.61 Å². The number of carbonyl (C=O) groups excluding carboxylic acids is 1. The molecule has 1 aromatic rings. The molecule has 11 nitrogen and oxygen atoms in total. The van der Waals surface area contributed by atoms with Gasteiger partial charge in [-0.2, -0.15) is 0 Å². The first-order valence-electron chi connectivity index (χ1n) is 14.5. The van der Waals surface area contributed by atoms with Gasteiger partial charge in [-0.05, 0) is 91.6 Å². The molecule has 3 fully saturated rings. The van der Waals surface area contributed by atoms with Gasteiger partial charge in [0.25, 0.3) is 11.6 Å². The Bertz CT molecular complexity index is 1280. The van der Waals surface area contributed by atoms with Gasteiger partial charge in [0.15, 0.2) is 12.6 Å². The Morgan fingerprint density at radius 3 is 2.68 bits per heavy atom. The fraction of sp³-hybridized carbons (Fsp3) is 0.633. The lowest BCUT2D eigenvalue weighted by Crippen LogP contribution is -2.51. The highest BCUT2D eigenvalue weighted by Crippen LogP contribution is 2.65. The molecule has 11 heteroatoms. The number of carbonyl (C=O) groups is 2. The lowest BCUT2D eigenvalue weighted by Gasteiger charge is -2.57. The molecule has 41 heavy (non-hydrogen) atoms. The Kier molecular flexibility index (Phi) is 7.95. The summed E-state index contributed by atoms with van der Waals surface area (Å²) >= 11 is 0. The maximum atomic E-state index is 12.5. The number of nitrogens with one attached hydrogen (secondary N) is 1. The maximum Gasteiger partial charge on any atom is 0.329 e. The highest BCUT2D eigenvalue weighted by atomic mass is 16.6. The molecular weight excluding hydrogens is 530 g/mol. The van der Waals surface area contributed by atoms with Crippen molar-refractivity contribution in [3.05, 3.63) is 51.6 Å². The molecule has 8 atom stereocenters. The average molecular weight is 570 g/mol. The smallest absolute Gasteiger partial charge is 0.329 e. The minimum absolute atomic E-state index is 0.00800. The third kappa shape index (κ3) is 5.37. The van der Waals surface area contributed by atoms with Gasteiger partial charge >= 0.3 is 5.97 Å². The monoisotopic (exact) mass is 569 g/mol. The number of rotatable bonds is 8. The second-order valence-electron chi connectivity index (χ2n) is 12.7. The zero-order chi connectivity index (χ0) is 29.5. The number of hydrogen-bond acceptors (Lipinski definition) is 8. The zero-order valence-electron chi connectivity index (χ0n) is 23.5. The Labute approximate surface area is 238 Å². The van der Waals surface area contributed by atoms with Crippen LogP contribution in [0.3, 0.4) is 0 Å². The van der Waals surface area contributed by atoms with Gasteiger partial charge < -0.3 is 25.5 Å². The molecule has 0 aromatic heterocycles. The van der Waals surface area contributed by atoms with Crippen LogP contribution >= 0.6 is 0 Å². The van der Waals surface area contributed by atoms with Gasteiger partial charge in [0, 0.05) is 12.1 Å². The molecule has 0 aliphatic heterocycles. The van der Waals surface area contributed by atoms with E-state index in [0.29, 0.717) is 24.2 Å². The minimum atomic E-state index is -1.73. The van der Waals surface area contributed by atoms with Crippen LogP contribution < -0.4 is 5.32 Å². The summed E-state index contributed by atoms with van der Waals surface area (Å²) in [5.74, 6) is -0.484. The van der Waals surface area contributed by atoms with Crippen LogP contribution in [0.1, 0.15) is 76.9 Å². The van der Waals surface area contributed by atoms with Gasteiger partial charge in [-0.1, -0.05) is 36.7 Å². The third-order valence-corrected chi connectivity index (χ3v) is 10.6. The first kappa shape index (κ1) is 29.2. The number of aliphatic hydroxyl groups excluding tert-OH is 2. The van der Waals surface area contributed by atoms with Crippen LogP contribution in [0.25, 0.3) is 0 Å². The van der Waals surface area contributed by atoms with E-state index in [1.54, 1.807) is 0 Å². The summed E-state index contributed by atoms with van der Waals surface area (Å²) in [6, 6.07) is 3.24. The summed E-state index contributed by atoms with van der Waals surface area (Å²) < 4.78 is 0. The maximum absolute atomic E-state index is 12.5. The Morgan fingerprint density at radius 1 is 1.17 bits per heavy atom. The second-order valence-corrected chi connectivity index (χ2v) is 12.7. The average Bonchev–Trinajstić information content (AvgIpc) is 3.25. The van der Waals surface area contributed by atoms with Crippen LogP contribution in [0.2, 0.25) is 0 Å². The van der Waals surface area contributed by atoms with Crippen molar-refractivity contribution in [1.82, 2.24) is 5.32 Å². The molecule has 5 rings (SSSR count). The fourth-order valence-electron chi connectivity index (χ4n) is 8.29. The number of aliphatic carboxylic acids is 1. The van der Waals surface area contributed by atoms with Crippen molar-refractivity contribution in [2.45, 2.75) is 83.5 Å². The number of hydrogen-bond donors (Lipinski definition) is 4. The lowest BCUT2D eigenvalue weighted by molar-refractivity contribution is -0.385. The largest absolute Gasteiger partial charge is 0.480 e. The van der Waals surface area contributed by atoms with Crippen LogP contribution in [0.4, 0.5) is 5.69 Å². The van der Waals surface area contributed by atoms with Gasteiger partial charge in [0.05, 0.1) is 16.7 Å². The zero-order valence-corrected chi connectivity index (χ0v) is 23.5. The van der Waals surface area contributed by atoms with Gasteiger partial charge in [-0.15, -0.1) is 0 Å². The van der Waals surface area contributed by atoms with E-state index < -0.39 is 35.6 Å². The van der Waals surface area contributed by atoms with Gasteiger partial charge in [0.1, 0.15) is 6.10 Å². The molecule has 1 amide bonds. The van der Waals surface area contributed by atoms with E-state index in [1.807, 2.05) is 0 Å². The van der Waals surface area contributed by atoms with Crippen molar-refractivity contribution in [3.8, 4) is 0 Å². The van der Waals surface area contributed by atoms with E-state index in [9.17, 15) is 35.0 Å². The Morgan fingerprint density at radius 2 is 1.95 bits per heavy atom. The summed E-state index contributed by atoms with van der Waals surface area (Å²) in [5.41, 5.74) is 1.93. The number of aliphatic hydroxyl groups is 2. The highest BCUT2D eigenvalue weighted by Gasteiger charge is 2.58. The SMILES string of the molecule is CC12CCC(=NOCC(=O)NC(C(=O)O)C(O)c3cccc([N+](=O)[O-])c3)C=C1CCC1C2CCC2(C)C(O)CCC12. The molecule has 4 aliphatic carbocycles. The van der Waals surface area contributed by atoms with E-state index in [0.717, 1.165) is 56.7 Å². The van der Waals surface area contributed by atoms with Crippen LogP contribution in [-0.4, -0.2) is 56.6 Å². The molecule has 4 aliphatic rings. The number of nitrogens with zero attached hydrogens (tertiary/aromatic N) is 2. The van der Waals surface area contributed by atoms with Crippen molar-refractivity contribution < 1.29 is 34.7 Å². The number of fused-ring (bicyclic) bond motifs is 5. The number of nitro groups is 1. The molecule has 8 unspecified atom stereocenters. The molecular formula is C30H39N3O8.